The Bertz CT molecular complexity index is 403. The second kappa shape index (κ2) is 7.56. The van der Waals surface area contributed by atoms with Gasteiger partial charge in [-0.2, -0.15) is 0 Å². The van der Waals surface area contributed by atoms with E-state index in [9.17, 15) is 4.79 Å². The molecule has 1 aromatic carbocycles. The Kier molecular flexibility index (Phi) is 6.38. The Labute approximate surface area is 120 Å². The van der Waals surface area contributed by atoms with Gasteiger partial charge in [0.15, 0.2) is 0 Å². The average molecular weight is 280 g/mol. The van der Waals surface area contributed by atoms with Crippen LogP contribution in [0.3, 0.4) is 0 Å². The third-order valence-corrected chi connectivity index (χ3v) is 3.93. The zero-order valence-electron chi connectivity index (χ0n) is 12.1. The van der Waals surface area contributed by atoms with E-state index in [1.165, 1.54) is 4.90 Å². The normalized spacial score (nSPS) is 14.2. The molecule has 106 valence electrons. The number of benzene rings is 1. The second-order valence-electron chi connectivity index (χ2n) is 5.10. The second-order valence-corrected chi connectivity index (χ2v) is 6.75. The summed E-state index contributed by atoms with van der Waals surface area (Å²) >= 11 is 1.84. The van der Waals surface area contributed by atoms with Crippen molar-refractivity contribution < 1.29 is 4.79 Å². The molecule has 2 unspecified atom stereocenters. The van der Waals surface area contributed by atoms with Gasteiger partial charge in [-0.1, -0.05) is 32.9 Å². The van der Waals surface area contributed by atoms with E-state index in [2.05, 4.69) is 43.4 Å². The van der Waals surface area contributed by atoms with Gasteiger partial charge in [0.25, 0.3) is 0 Å². The Hall–Kier alpha value is -1.00. The molecule has 2 atom stereocenters. The maximum absolute atomic E-state index is 11.8. The van der Waals surface area contributed by atoms with Gasteiger partial charge in [0.2, 0.25) is 5.91 Å². The van der Waals surface area contributed by atoms with Crippen LogP contribution in [0.2, 0.25) is 0 Å². The molecule has 0 aromatic heterocycles. The lowest BCUT2D eigenvalue weighted by Gasteiger charge is -2.17. The van der Waals surface area contributed by atoms with E-state index in [0.29, 0.717) is 11.8 Å². The molecule has 0 saturated carbocycles. The third kappa shape index (κ3) is 5.25. The molecule has 19 heavy (non-hydrogen) atoms. The summed E-state index contributed by atoms with van der Waals surface area (Å²) < 4.78 is 0. The first kappa shape index (κ1) is 16.1. The largest absolute Gasteiger partial charge is 0.349 e. The monoisotopic (exact) mass is 280 g/mol. The quantitative estimate of drug-likeness (QED) is 0.788. The van der Waals surface area contributed by atoms with Crippen LogP contribution in [0.4, 0.5) is 0 Å². The van der Waals surface area contributed by atoms with Crippen molar-refractivity contribution in [2.24, 2.45) is 11.7 Å². The number of nitrogens with one attached hydrogen (secondary N) is 1. The molecule has 1 rings (SSSR count). The van der Waals surface area contributed by atoms with Gasteiger partial charge in [-0.3, -0.25) is 4.79 Å². The maximum atomic E-state index is 11.8. The molecule has 1 amide bonds. The van der Waals surface area contributed by atoms with Gasteiger partial charge in [0.05, 0.1) is 6.04 Å². The minimum atomic E-state index is -0.141. The van der Waals surface area contributed by atoms with Crippen LogP contribution in [0.15, 0.2) is 29.2 Å². The lowest BCUT2D eigenvalue weighted by Crippen LogP contribution is -2.34. The molecular formula is C15H24N2OS. The van der Waals surface area contributed by atoms with Crippen molar-refractivity contribution in [2.45, 2.75) is 43.9 Å². The van der Waals surface area contributed by atoms with E-state index in [1.54, 1.807) is 0 Å². The molecule has 3 N–H and O–H groups in total. The summed E-state index contributed by atoms with van der Waals surface area (Å²) in [6.45, 7) is 8.56. The summed E-state index contributed by atoms with van der Waals surface area (Å²) in [6.07, 6.45) is 0. The van der Waals surface area contributed by atoms with Gasteiger partial charge in [-0.05, 0) is 24.6 Å². The number of hydrogen-bond acceptors (Lipinski definition) is 3. The zero-order valence-corrected chi connectivity index (χ0v) is 13.0. The summed E-state index contributed by atoms with van der Waals surface area (Å²) in [6, 6.07) is 8.37. The van der Waals surface area contributed by atoms with Crippen LogP contribution in [-0.4, -0.2) is 17.7 Å². The van der Waals surface area contributed by atoms with Crippen LogP contribution in [0.1, 0.15) is 39.3 Å². The molecule has 4 heteroatoms. The van der Waals surface area contributed by atoms with E-state index in [1.807, 2.05) is 25.6 Å². The van der Waals surface area contributed by atoms with Crippen molar-refractivity contribution in [3.63, 3.8) is 0 Å². The third-order valence-electron chi connectivity index (χ3n) is 2.91. The van der Waals surface area contributed by atoms with E-state index in [4.69, 9.17) is 5.73 Å². The highest BCUT2D eigenvalue weighted by atomic mass is 32.2. The summed E-state index contributed by atoms with van der Waals surface area (Å²) in [5.41, 5.74) is 6.61. The molecular weight excluding hydrogens is 256 g/mol. The minimum Gasteiger partial charge on any atom is -0.349 e. The Morgan fingerprint density at radius 2 is 1.79 bits per heavy atom. The molecule has 0 aliphatic carbocycles. The van der Waals surface area contributed by atoms with E-state index < -0.39 is 0 Å². The molecule has 0 heterocycles. The molecule has 0 fully saturated rings. The average Bonchev–Trinajstić information content (AvgIpc) is 2.37. The molecule has 0 radical (unpaired) electrons. The summed E-state index contributed by atoms with van der Waals surface area (Å²) in [7, 11) is 0. The molecule has 3 nitrogen and oxygen atoms in total. The summed E-state index contributed by atoms with van der Waals surface area (Å²) in [5, 5.41) is 3.56. The lowest BCUT2D eigenvalue weighted by molar-refractivity contribution is -0.124. The minimum absolute atomic E-state index is 0.00984. The highest BCUT2D eigenvalue weighted by Gasteiger charge is 2.14. The van der Waals surface area contributed by atoms with Crippen LogP contribution in [-0.2, 0) is 4.79 Å². The van der Waals surface area contributed by atoms with Gasteiger partial charge < -0.3 is 11.1 Å². The predicted octanol–water partition coefficient (Wildman–Crippen LogP) is 2.96. The van der Waals surface area contributed by atoms with Gasteiger partial charge in [-0.25, -0.2) is 0 Å². The maximum Gasteiger partial charge on any atom is 0.224 e. The standard InChI is InChI=1S/C15H24N2OS/c1-10(2)19-14-7-5-13(6-8-14)12(4)17-15(18)11(3)9-16/h5-8,10-12H,9,16H2,1-4H3,(H,17,18). The number of amides is 1. The van der Waals surface area contributed by atoms with Crippen molar-refractivity contribution in [3.8, 4) is 0 Å². The smallest absolute Gasteiger partial charge is 0.224 e. The lowest BCUT2D eigenvalue weighted by atomic mass is 10.1. The van der Waals surface area contributed by atoms with Crippen LogP contribution >= 0.6 is 11.8 Å². The van der Waals surface area contributed by atoms with Gasteiger partial charge in [0, 0.05) is 22.6 Å². The molecule has 1 aromatic rings. The van der Waals surface area contributed by atoms with Crippen molar-refractivity contribution in [3.05, 3.63) is 29.8 Å². The highest BCUT2D eigenvalue weighted by molar-refractivity contribution is 7.99. The predicted molar refractivity (Wildman–Crippen MR) is 82.2 cm³/mol. The Morgan fingerprint density at radius 1 is 1.21 bits per heavy atom. The number of thioether (sulfide) groups is 1. The van der Waals surface area contributed by atoms with Crippen molar-refractivity contribution >= 4 is 17.7 Å². The van der Waals surface area contributed by atoms with E-state index >= 15 is 0 Å². The SMILES string of the molecule is CC(C)Sc1ccc(C(C)NC(=O)C(C)CN)cc1. The fourth-order valence-electron chi connectivity index (χ4n) is 1.65. The van der Waals surface area contributed by atoms with Crippen molar-refractivity contribution in [2.75, 3.05) is 6.54 Å². The first-order valence-electron chi connectivity index (χ1n) is 6.71. The molecule has 0 aliphatic heterocycles. The number of carbonyl (C=O) groups is 1. The summed E-state index contributed by atoms with van der Waals surface area (Å²) in [5.74, 6) is -0.131. The molecule has 0 saturated heterocycles. The fourth-order valence-corrected chi connectivity index (χ4v) is 2.49. The van der Waals surface area contributed by atoms with E-state index in [-0.39, 0.29) is 17.9 Å². The Morgan fingerprint density at radius 3 is 2.26 bits per heavy atom. The van der Waals surface area contributed by atoms with Crippen LogP contribution in [0.5, 0.6) is 0 Å². The van der Waals surface area contributed by atoms with Crippen molar-refractivity contribution in [1.82, 2.24) is 5.32 Å². The fraction of sp³-hybridized carbons (Fsp3) is 0.533. The molecule has 0 bridgehead atoms. The Balaban J connectivity index is 2.62. The zero-order chi connectivity index (χ0) is 14.4. The van der Waals surface area contributed by atoms with Gasteiger partial charge in [0.1, 0.15) is 0 Å². The van der Waals surface area contributed by atoms with Crippen LogP contribution in [0.25, 0.3) is 0 Å². The summed E-state index contributed by atoms with van der Waals surface area (Å²) in [4.78, 5) is 13.0. The van der Waals surface area contributed by atoms with Crippen LogP contribution in [0, 0.1) is 5.92 Å². The highest BCUT2D eigenvalue weighted by Crippen LogP contribution is 2.24. The van der Waals surface area contributed by atoms with E-state index in [0.717, 1.165) is 5.56 Å². The van der Waals surface area contributed by atoms with Gasteiger partial charge >= 0.3 is 0 Å². The van der Waals surface area contributed by atoms with Gasteiger partial charge in [-0.15, -0.1) is 11.8 Å². The number of carbonyl (C=O) groups excluding carboxylic acids is 1. The number of hydrogen-bond donors (Lipinski definition) is 2. The molecule has 0 spiro atoms. The number of nitrogens with two attached hydrogens (primary N) is 1. The topological polar surface area (TPSA) is 55.1 Å². The first-order valence-corrected chi connectivity index (χ1v) is 7.59. The molecule has 0 aliphatic rings. The first-order chi connectivity index (χ1) is 8.93. The number of rotatable bonds is 6. The van der Waals surface area contributed by atoms with Crippen molar-refractivity contribution in [1.29, 1.82) is 0 Å². The van der Waals surface area contributed by atoms with Crippen LogP contribution < -0.4 is 11.1 Å².